The SMILES string of the molecule is CO[C@H]1O[C@H](CO[Si](c2ccccc2)(c2ccccc2)C(C)(C)C)[C@@H](O)[C@H](O)[C@H]1OC(=O)c1cccc(C(=O)OC[C@H]2O[C@@H](Sc3ccccc3)[C@H](OC)[C@@H](OC)[C@H]2OC)c1. The van der Waals surface area contributed by atoms with Crippen molar-refractivity contribution in [1.29, 1.82) is 0 Å². The molecule has 0 bridgehead atoms. The lowest BCUT2D eigenvalue weighted by Crippen LogP contribution is -2.68. The highest BCUT2D eigenvalue weighted by molar-refractivity contribution is 7.99. The molecule has 0 amide bonds. The van der Waals surface area contributed by atoms with Crippen molar-refractivity contribution in [2.45, 2.75) is 91.3 Å². The molecule has 10 atom stereocenters. The second-order valence-electron chi connectivity index (χ2n) is 15.9. The molecule has 4 aromatic rings. The molecule has 0 unspecified atom stereocenters. The van der Waals surface area contributed by atoms with Gasteiger partial charge in [0.1, 0.15) is 54.8 Å². The molecular weight excluding hydrogens is 821 g/mol. The van der Waals surface area contributed by atoms with E-state index in [0.717, 1.165) is 15.3 Å². The predicted molar refractivity (Wildman–Crippen MR) is 231 cm³/mol. The lowest BCUT2D eigenvalue weighted by molar-refractivity contribution is -0.292. The van der Waals surface area contributed by atoms with Crippen molar-refractivity contribution < 1.29 is 62.1 Å². The first-order valence-corrected chi connectivity index (χ1v) is 22.9. The summed E-state index contributed by atoms with van der Waals surface area (Å²) in [7, 11) is 2.98. The fourth-order valence-electron chi connectivity index (χ4n) is 8.07. The molecule has 6 rings (SSSR count). The van der Waals surface area contributed by atoms with Gasteiger partial charge in [-0.1, -0.05) is 117 Å². The number of esters is 2. The van der Waals surface area contributed by atoms with Gasteiger partial charge in [-0.3, -0.25) is 0 Å². The minimum Gasteiger partial charge on any atom is -0.459 e. The van der Waals surface area contributed by atoms with Gasteiger partial charge in [-0.25, -0.2) is 9.59 Å². The Morgan fingerprint density at radius 2 is 1.18 bits per heavy atom. The van der Waals surface area contributed by atoms with Gasteiger partial charge in [-0.2, -0.15) is 0 Å². The number of thioether (sulfide) groups is 1. The molecule has 0 radical (unpaired) electrons. The first-order valence-electron chi connectivity index (χ1n) is 20.1. The largest absolute Gasteiger partial charge is 0.459 e. The molecule has 61 heavy (non-hydrogen) atoms. The van der Waals surface area contributed by atoms with Gasteiger partial charge in [-0.05, 0) is 45.7 Å². The predicted octanol–water partition coefficient (Wildman–Crippen LogP) is 4.60. The number of aliphatic hydroxyl groups excluding tert-OH is 2. The molecule has 4 aromatic carbocycles. The molecule has 2 heterocycles. The van der Waals surface area contributed by atoms with E-state index in [9.17, 15) is 19.8 Å². The number of aliphatic hydroxyl groups is 2. The molecule has 0 aliphatic carbocycles. The van der Waals surface area contributed by atoms with E-state index >= 15 is 0 Å². The van der Waals surface area contributed by atoms with E-state index in [1.165, 1.54) is 50.2 Å². The van der Waals surface area contributed by atoms with Crippen molar-refractivity contribution in [2.24, 2.45) is 0 Å². The topological polar surface area (TPSA) is 158 Å². The molecule has 15 heteroatoms. The Balaban J connectivity index is 1.12. The second-order valence-corrected chi connectivity index (χ2v) is 21.3. The summed E-state index contributed by atoms with van der Waals surface area (Å²) >= 11 is 1.46. The van der Waals surface area contributed by atoms with Crippen molar-refractivity contribution in [1.82, 2.24) is 0 Å². The van der Waals surface area contributed by atoms with Crippen molar-refractivity contribution in [2.75, 3.05) is 41.7 Å². The van der Waals surface area contributed by atoms with Crippen molar-refractivity contribution in [3.8, 4) is 0 Å². The normalized spacial score (nSPS) is 27.0. The van der Waals surface area contributed by atoms with E-state index in [4.69, 9.17) is 42.3 Å². The number of rotatable bonds is 16. The van der Waals surface area contributed by atoms with Gasteiger partial charge in [0.15, 0.2) is 12.4 Å². The Kier molecular flexibility index (Phi) is 16.0. The number of ether oxygens (including phenoxy) is 8. The van der Waals surface area contributed by atoms with Crippen LogP contribution in [-0.2, 0) is 42.3 Å². The minimum atomic E-state index is -3.03. The highest BCUT2D eigenvalue weighted by atomic mass is 32.2. The van der Waals surface area contributed by atoms with Crippen molar-refractivity contribution >= 4 is 42.4 Å². The Hall–Kier alpha value is -3.97. The van der Waals surface area contributed by atoms with Gasteiger partial charge in [0.05, 0.1) is 17.7 Å². The minimum absolute atomic E-state index is 0.00599. The van der Waals surface area contributed by atoms with E-state index < -0.39 is 80.8 Å². The fraction of sp³-hybridized carbons (Fsp3) is 0.435. The van der Waals surface area contributed by atoms with Crippen LogP contribution in [0.25, 0.3) is 0 Å². The smallest absolute Gasteiger partial charge is 0.338 e. The first-order chi connectivity index (χ1) is 29.4. The summed E-state index contributed by atoms with van der Waals surface area (Å²) in [5.74, 6) is -1.61. The third-order valence-electron chi connectivity index (χ3n) is 11.1. The van der Waals surface area contributed by atoms with Crippen LogP contribution in [0.2, 0.25) is 5.04 Å². The van der Waals surface area contributed by atoms with E-state index in [0.29, 0.717) is 0 Å². The zero-order chi connectivity index (χ0) is 43.7. The molecule has 2 aliphatic heterocycles. The zero-order valence-electron chi connectivity index (χ0n) is 35.5. The molecule has 13 nitrogen and oxygen atoms in total. The third kappa shape index (κ3) is 10.3. The maximum Gasteiger partial charge on any atom is 0.338 e. The summed E-state index contributed by atoms with van der Waals surface area (Å²) < 4.78 is 53.9. The Morgan fingerprint density at radius 1 is 0.623 bits per heavy atom. The van der Waals surface area contributed by atoms with Gasteiger partial charge < -0.3 is 52.5 Å². The van der Waals surface area contributed by atoms with Crippen LogP contribution >= 0.6 is 11.8 Å². The molecule has 0 aromatic heterocycles. The number of methoxy groups -OCH3 is 4. The van der Waals surface area contributed by atoms with E-state index in [1.807, 2.05) is 66.7 Å². The van der Waals surface area contributed by atoms with Crippen LogP contribution in [0.3, 0.4) is 0 Å². The van der Waals surface area contributed by atoms with Crippen LogP contribution in [0, 0.1) is 0 Å². The molecular formula is C46H56O13SSi. The van der Waals surface area contributed by atoms with Crippen LogP contribution < -0.4 is 10.4 Å². The van der Waals surface area contributed by atoms with Gasteiger partial charge in [0, 0.05) is 33.3 Å². The van der Waals surface area contributed by atoms with E-state index in [1.54, 1.807) is 14.2 Å². The Morgan fingerprint density at radius 3 is 1.72 bits per heavy atom. The Labute approximate surface area is 362 Å². The monoisotopic (exact) mass is 876 g/mol. The van der Waals surface area contributed by atoms with Crippen molar-refractivity contribution in [3.05, 3.63) is 126 Å². The highest BCUT2D eigenvalue weighted by Crippen LogP contribution is 2.39. The zero-order valence-corrected chi connectivity index (χ0v) is 37.3. The molecule has 0 saturated carbocycles. The lowest BCUT2D eigenvalue weighted by Gasteiger charge is -2.46. The number of benzene rings is 4. The molecule has 328 valence electrons. The van der Waals surface area contributed by atoms with Gasteiger partial charge >= 0.3 is 11.9 Å². The fourth-order valence-corrected chi connectivity index (χ4v) is 13.8. The van der Waals surface area contributed by atoms with Crippen LogP contribution in [0.5, 0.6) is 0 Å². The van der Waals surface area contributed by atoms with Crippen LogP contribution in [0.15, 0.2) is 120 Å². The molecule has 2 aliphatic rings. The van der Waals surface area contributed by atoms with Crippen molar-refractivity contribution in [3.63, 3.8) is 0 Å². The highest BCUT2D eigenvalue weighted by Gasteiger charge is 2.53. The maximum atomic E-state index is 13.6. The van der Waals surface area contributed by atoms with E-state index in [-0.39, 0.29) is 29.4 Å². The van der Waals surface area contributed by atoms with Crippen LogP contribution in [0.4, 0.5) is 0 Å². The third-order valence-corrected chi connectivity index (χ3v) is 17.3. The number of carbonyl (C=O) groups excluding carboxylic acids is 2. The van der Waals surface area contributed by atoms with Crippen LogP contribution in [-0.4, -0.2) is 133 Å². The Bertz CT molecular complexity index is 1960. The van der Waals surface area contributed by atoms with E-state index in [2.05, 4.69) is 45.0 Å². The van der Waals surface area contributed by atoms with Gasteiger partial charge in [-0.15, -0.1) is 0 Å². The van der Waals surface area contributed by atoms with Crippen LogP contribution in [0.1, 0.15) is 41.5 Å². The average molecular weight is 877 g/mol. The summed E-state index contributed by atoms with van der Waals surface area (Å²) in [6, 6.07) is 35.5. The number of hydrogen-bond acceptors (Lipinski definition) is 14. The molecule has 2 N–H and O–H groups in total. The second kappa shape index (κ2) is 20.9. The summed E-state index contributed by atoms with van der Waals surface area (Å²) in [6.07, 6.45) is -9.21. The quantitative estimate of drug-likeness (QED) is 0.119. The standard InChI is InChI=1S/C46H56O13SSi/c1-46(2,3)61(32-22-13-9-14-23-32,33-24-15-10-16-25-33)56-28-34-36(47)37(48)39(44(54-7)57-34)59-43(50)30-19-17-18-29(26-30)42(49)55-27-35-38(51-4)40(52-5)41(53-6)45(58-35)60-31-20-11-8-12-21-31/h8-26,34-41,44-45,47-48H,27-28H2,1-7H3/t34-,35-,36-,37+,38+,39-,40+,41-,44+,45+/m1/s1. The summed E-state index contributed by atoms with van der Waals surface area (Å²) in [5.41, 5.74) is -0.449. The number of carbonyl (C=O) groups is 2. The summed E-state index contributed by atoms with van der Waals surface area (Å²) in [5, 5.41) is 24.6. The lowest BCUT2D eigenvalue weighted by atomic mass is 9.99. The summed E-state index contributed by atoms with van der Waals surface area (Å²) in [6.45, 7) is 6.12. The number of hydrogen-bond donors (Lipinski definition) is 2. The summed E-state index contributed by atoms with van der Waals surface area (Å²) in [4.78, 5) is 28.0. The van der Waals surface area contributed by atoms with Gasteiger partial charge in [0.2, 0.25) is 0 Å². The first kappa shape index (κ1) is 46.5. The molecule has 0 spiro atoms. The molecule has 2 saturated heterocycles. The average Bonchev–Trinajstić information content (AvgIpc) is 3.28. The molecule has 2 fully saturated rings. The van der Waals surface area contributed by atoms with Gasteiger partial charge in [0.25, 0.3) is 8.32 Å². The maximum absolute atomic E-state index is 13.6.